The van der Waals surface area contributed by atoms with E-state index in [-0.39, 0.29) is 37.5 Å². The van der Waals surface area contributed by atoms with Gasteiger partial charge in [-0.3, -0.25) is 14.4 Å². The molecule has 0 spiro atoms. The molecule has 470 valence electrons. The number of hydrogen-bond acceptors (Lipinski definition) is 6. The summed E-state index contributed by atoms with van der Waals surface area (Å²) >= 11 is 0. The Hall–Kier alpha value is -3.15. The van der Waals surface area contributed by atoms with Gasteiger partial charge in [-0.05, 0) is 70.6 Å². The van der Waals surface area contributed by atoms with E-state index in [2.05, 4.69) is 93.7 Å². The van der Waals surface area contributed by atoms with Crippen molar-refractivity contribution in [3.05, 3.63) is 72.9 Å². The maximum absolute atomic E-state index is 12.9. The first-order valence-electron chi connectivity index (χ1n) is 35.4. The van der Waals surface area contributed by atoms with Gasteiger partial charge < -0.3 is 14.2 Å². The van der Waals surface area contributed by atoms with Crippen LogP contribution in [0, 0.1) is 0 Å². The molecule has 0 amide bonds. The Morgan fingerprint density at radius 3 is 0.753 bits per heavy atom. The van der Waals surface area contributed by atoms with Crippen LogP contribution >= 0.6 is 0 Å². The molecule has 0 fully saturated rings. The minimum absolute atomic E-state index is 0.0883. The van der Waals surface area contributed by atoms with Gasteiger partial charge in [0, 0.05) is 19.3 Å². The fourth-order valence-corrected chi connectivity index (χ4v) is 10.5. The summed E-state index contributed by atoms with van der Waals surface area (Å²) < 4.78 is 17.0. The third-order valence-electron chi connectivity index (χ3n) is 15.7. The molecular weight excluding hydrogens is 997 g/mol. The Morgan fingerprint density at radius 1 is 0.259 bits per heavy atom. The van der Waals surface area contributed by atoms with E-state index in [1.165, 1.54) is 231 Å². The minimum Gasteiger partial charge on any atom is -0.462 e. The Balaban J connectivity index is 4.40. The van der Waals surface area contributed by atoms with Crippen molar-refractivity contribution in [3.8, 4) is 0 Å². The topological polar surface area (TPSA) is 78.9 Å². The van der Waals surface area contributed by atoms with Gasteiger partial charge in [0.15, 0.2) is 6.10 Å². The zero-order valence-corrected chi connectivity index (χ0v) is 54.1. The highest BCUT2D eigenvalue weighted by atomic mass is 16.6. The number of ether oxygens (including phenoxy) is 3. The Morgan fingerprint density at radius 2 is 0.481 bits per heavy atom. The van der Waals surface area contributed by atoms with Crippen LogP contribution in [0.4, 0.5) is 0 Å². The largest absolute Gasteiger partial charge is 0.462 e. The van der Waals surface area contributed by atoms with Crippen LogP contribution in [0.3, 0.4) is 0 Å². The number of esters is 3. The molecule has 0 aliphatic heterocycles. The quantitative estimate of drug-likeness (QED) is 0.0261. The molecule has 0 bridgehead atoms. The predicted molar refractivity (Wildman–Crippen MR) is 353 cm³/mol. The number of hydrogen-bond donors (Lipinski definition) is 0. The predicted octanol–water partition coefficient (Wildman–Crippen LogP) is 24.4. The molecule has 1 unspecified atom stereocenters. The van der Waals surface area contributed by atoms with Gasteiger partial charge in [0.05, 0.1) is 0 Å². The van der Waals surface area contributed by atoms with Crippen LogP contribution in [0.2, 0.25) is 0 Å². The third kappa shape index (κ3) is 67.5. The van der Waals surface area contributed by atoms with E-state index in [9.17, 15) is 14.4 Å². The summed E-state index contributed by atoms with van der Waals surface area (Å²) in [6, 6.07) is 0. The average molecular weight is 1130 g/mol. The van der Waals surface area contributed by atoms with Crippen molar-refractivity contribution in [1.82, 2.24) is 0 Å². The summed E-state index contributed by atoms with van der Waals surface area (Å²) in [6.07, 6.45) is 90.7. The van der Waals surface area contributed by atoms with Gasteiger partial charge in [-0.2, -0.15) is 0 Å². The van der Waals surface area contributed by atoms with E-state index < -0.39 is 6.10 Å². The molecule has 0 N–H and O–H groups in total. The molecule has 0 radical (unpaired) electrons. The molecule has 0 aliphatic carbocycles. The molecule has 0 saturated heterocycles. The van der Waals surface area contributed by atoms with Crippen molar-refractivity contribution in [2.75, 3.05) is 13.2 Å². The molecule has 0 aliphatic rings. The Labute approximate surface area is 503 Å². The number of unbranched alkanes of at least 4 members (excludes halogenated alkanes) is 42. The second-order valence-corrected chi connectivity index (χ2v) is 23.8. The smallest absolute Gasteiger partial charge is 0.306 e. The highest BCUT2D eigenvalue weighted by Crippen LogP contribution is 2.18. The summed E-state index contributed by atoms with van der Waals surface area (Å²) in [6.45, 7) is 6.56. The standard InChI is InChI=1S/C75H134O6/c1-4-7-10-13-16-19-22-25-28-31-34-37-39-41-44-47-50-53-56-59-62-65-68-74(77)80-71-72(70-79-73(76)67-64-61-58-55-52-49-46-43-40-36-33-30-27-24-21-18-15-12-9-6-3)81-75(78)69-66-63-60-57-54-51-48-45-42-38-35-32-29-26-23-20-17-14-11-8-5-2/h8,11,17,20,26,29,35,38,45,48,54,57,72H,4-7,9-10,12-16,18-19,21-25,27-28,30-34,36-37,39-44,46-47,49-53,55-56,58-71H2,1-3H3/b11-8-,20-17-,29-26-,38-35-,48-45-,57-54-. The number of rotatable bonds is 65. The fourth-order valence-electron chi connectivity index (χ4n) is 10.5. The molecule has 6 heteroatoms. The SMILES string of the molecule is CC/C=C\C/C=C\C/C=C\C/C=C\C/C=C\C/C=C\CCCCC(=O)OC(COC(=O)CCCCCCCCCCCCCCCCCCCCCC)COC(=O)CCCCCCCCCCCCCCCCCCCCCCCC. The maximum Gasteiger partial charge on any atom is 0.306 e. The number of carbonyl (C=O) groups excluding carboxylic acids is 3. The third-order valence-corrected chi connectivity index (χ3v) is 15.7. The molecule has 0 saturated carbocycles. The molecule has 0 aromatic carbocycles. The minimum atomic E-state index is -0.798. The van der Waals surface area contributed by atoms with Gasteiger partial charge in [0.1, 0.15) is 13.2 Å². The maximum atomic E-state index is 12.9. The van der Waals surface area contributed by atoms with Crippen molar-refractivity contribution in [2.24, 2.45) is 0 Å². The summed E-state index contributed by atoms with van der Waals surface area (Å²) in [5.74, 6) is -0.907. The second kappa shape index (κ2) is 69.3. The summed E-state index contributed by atoms with van der Waals surface area (Å²) in [4.78, 5) is 38.5. The van der Waals surface area contributed by atoms with E-state index in [4.69, 9.17) is 14.2 Å². The fraction of sp³-hybridized carbons (Fsp3) is 0.800. The van der Waals surface area contributed by atoms with Crippen LogP contribution < -0.4 is 0 Å². The molecule has 0 aromatic rings. The normalized spacial score (nSPS) is 12.5. The van der Waals surface area contributed by atoms with Gasteiger partial charge in [-0.25, -0.2) is 0 Å². The van der Waals surface area contributed by atoms with E-state index in [1.807, 2.05) is 0 Å². The molecule has 1 atom stereocenters. The van der Waals surface area contributed by atoms with Crippen LogP contribution in [0.5, 0.6) is 0 Å². The highest BCUT2D eigenvalue weighted by Gasteiger charge is 2.19. The van der Waals surface area contributed by atoms with Crippen molar-refractivity contribution in [3.63, 3.8) is 0 Å². The molecule has 0 aromatic heterocycles. The lowest BCUT2D eigenvalue weighted by Crippen LogP contribution is -2.30. The van der Waals surface area contributed by atoms with Crippen molar-refractivity contribution in [2.45, 2.75) is 374 Å². The first-order valence-corrected chi connectivity index (χ1v) is 35.4. The van der Waals surface area contributed by atoms with Gasteiger partial charge in [-0.15, -0.1) is 0 Å². The lowest BCUT2D eigenvalue weighted by Gasteiger charge is -2.18. The van der Waals surface area contributed by atoms with Gasteiger partial charge >= 0.3 is 17.9 Å². The van der Waals surface area contributed by atoms with Crippen LogP contribution in [-0.2, 0) is 28.6 Å². The zero-order chi connectivity index (χ0) is 58.5. The molecule has 81 heavy (non-hydrogen) atoms. The first-order chi connectivity index (χ1) is 40.0. The van der Waals surface area contributed by atoms with Gasteiger partial charge in [0.2, 0.25) is 0 Å². The van der Waals surface area contributed by atoms with E-state index in [0.717, 1.165) is 89.9 Å². The second-order valence-electron chi connectivity index (χ2n) is 23.8. The van der Waals surface area contributed by atoms with E-state index >= 15 is 0 Å². The van der Waals surface area contributed by atoms with Crippen molar-refractivity contribution >= 4 is 17.9 Å². The van der Waals surface area contributed by atoms with Gasteiger partial charge in [-0.1, -0.05) is 351 Å². The van der Waals surface area contributed by atoms with Crippen molar-refractivity contribution in [1.29, 1.82) is 0 Å². The lowest BCUT2D eigenvalue weighted by atomic mass is 10.0. The molecule has 6 nitrogen and oxygen atoms in total. The molecule has 0 rings (SSSR count). The Bertz CT molecular complexity index is 1490. The van der Waals surface area contributed by atoms with Crippen LogP contribution in [0.15, 0.2) is 72.9 Å². The van der Waals surface area contributed by atoms with Crippen molar-refractivity contribution < 1.29 is 28.6 Å². The van der Waals surface area contributed by atoms with Crippen LogP contribution in [-0.4, -0.2) is 37.2 Å². The monoisotopic (exact) mass is 1130 g/mol. The summed E-state index contributed by atoms with van der Waals surface area (Å²) in [5, 5.41) is 0. The Kier molecular flexibility index (Phi) is 66.6. The van der Waals surface area contributed by atoms with Crippen LogP contribution in [0.25, 0.3) is 0 Å². The highest BCUT2D eigenvalue weighted by molar-refractivity contribution is 5.71. The number of allylic oxidation sites excluding steroid dienone is 12. The summed E-state index contributed by atoms with van der Waals surface area (Å²) in [5.41, 5.74) is 0. The average Bonchev–Trinajstić information content (AvgIpc) is 3.47. The first kappa shape index (κ1) is 77.9. The van der Waals surface area contributed by atoms with Gasteiger partial charge in [0.25, 0.3) is 0 Å². The van der Waals surface area contributed by atoms with E-state index in [1.54, 1.807) is 0 Å². The lowest BCUT2D eigenvalue weighted by molar-refractivity contribution is -0.167. The summed E-state index contributed by atoms with van der Waals surface area (Å²) in [7, 11) is 0. The zero-order valence-electron chi connectivity index (χ0n) is 54.1. The van der Waals surface area contributed by atoms with Crippen LogP contribution in [0.1, 0.15) is 367 Å². The molecular formula is C75H134O6. The van der Waals surface area contributed by atoms with E-state index in [0.29, 0.717) is 19.3 Å². The number of carbonyl (C=O) groups is 3. The molecule has 0 heterocycles.